The smallest absolute Gasteiger partial charge is 0.257 e. The molecule has 0 saturated heterocycles. The van der Waals surface area contributed by atoms with Crippen molar-refractivity contribution in [2.75, 3.05) is 13.2 Å². The minimum Gasteiger partial charge on any atom is -0.379 e. The molecule has 17 heavy (non-hydrogen) atoms. The Labute approximate surface area is 102 Å². The van der Waals surface area contributed by atoms with Crippen molar-refractivity contribution in [2.24, 2.45) is 0 Å². The average molecular weight is 261 g/mol. The molecule has 1 rings (SSSR count). The molecule has 0 unspecified atom stereocenters. The van der Waals surface area contributed by atoms with E-state index in [4.69, 9.17) is 4.74 Å². The van der Waals surface area contributed by atoms with Gasteiger partial charge in [0.05, 0.1) is 12.3 Å². The molecule has 0 aliphatic rings. The number of aromatic amines is 1. The lowest BCUT2D eigenvalue weighted by atomic mass is 10.3. The fraction of sp³-hybridized carbons (Fsp3) is 0.700. The summed E-state index contributed by atoms with van der Waals surface area (Å²) in [5.41, 5.74) is 0. The maximum Gasteiger partial charge on any atom is 0.257 e. The van der Waals surface area contributed by atoms with Crippen LogP contribution in [0.25, 0.3) is 0 Å². The molecule has 0 amide bonds. The van der Waals surface area contributed by atoms with Gasteiger partial charge in [0.1, 0.15) is 0 Å². The van der Waals surface area contributed by atoms with E-state index in [9.17, 15) is 8.42 Å². The van der Waals surface area contributed by atoms with Crippen LogP contribution in [0.4, 0.5) is 0 Å². The Hall–Kier alpha value is -0.920. The van der Waals surface area contributed by atoms with Crippen LogP contribution in [0.15, 0.2) is 17.3 Å². The molecule has 1 aromatic rings. The Bertz CT molecular complexity index is 400. The van der Waals surface area contributed by atoms with Gasteiger partial charge in [-0.3, -0.25) is 5.10 Å². The molecule has 1 heterocycles. The number of nitrogens with one attached hydrogen (secondary N) is 2. The van der Waals surface area contributed by atoms with E-state index in [1.807, 2.05) is 13.8 Å². The van der Waals surface area contributed by atoms with Crippen LogP contribution < -0.4 is 4.72 Å². The van der Waals surface area contributed by atoms with Crippen LogP contribution in [0.2, 0.25) is 0 Å². The lowest BCUT2D eigenvalue weighted by Crippen LogP contribution is -2.25. The van der Waals surface area contributed by atoms with E-state index >= 15 is 0 Å². The second-order valence-corrected chi connectivity index (χ2v) is 5.68. The highest BCUT2D eigenvalue weighted by Crippen LogP contribution is 2.02. The fourth-order valence-electron chi connectivity index (χ4n) is 1.22. The van der Waals surface area contributed by atoms with Gasteiger partial charge in [0.25, 0.3) is 10.0 Å². The van der Waals surface area contributed by atoms with Gasteiger partial charge in [0.15, 0.2) is 5.03 Å². The molecular formula is C10H19N3O3S. The summed E-state index contributed by atoms with van der Waals surface area (Å²) in [7, 11) is -3.43. The van der Waals surface area contributed by atoms with Crippen molar-refractivity contribution in [3.63, 3.8) is 0 Å². The lowest BCUT2D eigenvalue weighted by Gasteiger charge is -2.07. The van der Waals surface area contributed by atoms with Crippen LogP contribution >= 0.6 is 0 Å². The molecule has 2 N–H and O–H groups in total. The van der Waals surface area contributed by atoms with Crippen molar-refractivity contribution in [1.29, 1.82) is 0 Å². The molecule has 0 bridgehead atoms. The van der Waals surface area contributed by atoms with E-state index in [1.54, 1.807) is 0 Å². The fourth-order valence-corrected chi connectivity index (χ4v) is 2.20. The third kappa shape index (κ3) is 5.29. The van der Waals surface area contributed by atoms with Gasteiger partial charge in [-0.2, -0.15) is 5.10 Å². The molecule has 0 spiro atoms. The zero-order chi connectivity index (χ0) is 12.7. The summed E-state index contributed by atoms with van der Waals surface area (Å²) < 4.78 is 31.1. The van der Waals surface area contributed by atoms with Crippen LogP contribution in [0, 0.1) is 0 Å². The van der Waals surface area contributed by atoms with E-state index < -0.39 is 10.0 Å². The van der Waals surface area contributed by atoms with Gasteiger partial charge in [-0.1, -0.05) is 0 Å². The zero-order valence-electron chi connectivity index (χ0n) is 10.1. The van der Waals surface area contributed by atoms with E-state index in [-0.39, 0.29) is 11.1 Å². The highest BCUT2D eigenvalue weighted by Gasteiger charge is 2.13. The van der Waals surface area contributed by atoms with Crippen molar-refractivity contribution in [3.8, 4) is 0 Å². The zero-order valence-corrected chi connectivity index (χ0v) is 11.0. The van der Waals surface area contributed by atoms with Crippen LogP contribution in [0.5, 0.6) is 0 Å². The van der Waals surface area contributed by atoms with Crippen molar-refractivity contribution >= 4 is 10.0 Å². The first kappa shape index (κ1) is 14.1. The van der Waals surface area contributed by atoms with Crippen LogP contribution in [-0.4, -0.2) is 37.9 Å². The maximum absolute atomic E-state index is 11.6. The lowest BCUT2D eigenvalue weighted by molar-refractivity contribution is 0.0762. The Balaban J connectivity index is 2.19. The van der Waals surface area contributed by atoms with E-state index in [2.05, 4.69) is 14.9 Å². The van der Waals surface area contributed by atoms with Gasteiger partial charge in [-0.05, 0) is 32.8 Å². The Morgan fingerprint density at radius 1 is 1.47 bits per heavy atom. The molecule has 0 aromatic carbocycles. The van der Waals surface area contributed by atoms with Gasteiger partial charge in [0, 0.05) is 13.2 Å². The summed E-state index contributed by atoms with van der Waals surface area (Å²) in [4.78, 5) is 0. The van der Waals surface area contributed by atoms with Crippen molar-refractivity contribution in [3.05, 3.63) is 12.3 Å². The minimum atomic E-state index is -3.43. The number of unbranched alkanes of at least 4 members (excludes halogenated alkanes) is 1. The summed E-state index contributed by atoms with van der Waals surface area (Å²) in [5, 5.41) is 6.11. The summed E-state index contributed by atoms with van der Waals surface area (Å²) >= 11 is 0. The van der Waals surface area contributed by atoms with Gasteiger partial charge < -0.3 is 4.74 Å². The first-order valence-corrected chi connectivity index (χ1v) is 7.11. The van der Waals surface area contributed by atoms with E-state index in [1.165, 1.54) is 12.3 Å². The highest BCUT2D eigenvalue weighted by atomic mass is 32.2. The van der Waals surface area contributed by atoms with Crippen molar-refractivity contribution in [2.45, 2.75) is 37.8 Å². The number of sulfonamides is 1. The molecule has 7 heteroatoms. The summed E-state index contributed by atoms with van der Waals surface area (Å²) in [6.07, 6.45) is 3.21. The third-order valence-corrected chi connectivity index (χ3v) is 3.47. The molecule has 1 aromatic heterocycles. The molecule has 0 aliphatic carbocycles. The molecule has 98 valence electrons. The minimum absolute atomic E-state index is 0.0935. The largest absolute Gasteiger partial charge is 0.379 e. The normalized spacial score (nSPS) is 12.2. The number of aromatic nitrogens is 2. The first-order valence-electron chi connectivity index (χ1n) is 5.63. The average Bonchev–Trinajstić information content (AvgIpc) is 2.76. The predicted octanol–water partition coefficient (Wildman–Crippen LogP) is 0.893. The number of hydrogen-bond acceptors (Lipinski definition) is 4. The number of ether oxygens (including phenoxy) is 1. The van der Waals surface area contributed by atoms with Gasteiger partial charge >= 0.3 is 0 Å². The number of hydrogen-bond donors (Lipinski definition) is 2. The highest BCUT2D eigenvalue weighted by molar-refractivity contribution is 7.89. The summed E-state index contributed by atoms with van der Waals surface area (Å²) in [5.74, 6) is 0. The Kier molecular flexibility index (Phi) is 5.60. The van der Waals surface area contributed by atoms with Crippen LogP contribution in [0.1, 0.15) is 26.7 Å². The maximum atomic E-state index is 11.6. The first-order chi connectivity index (χ1) is 8.02. The molecule has 6 nitrogen and oxygen atoms in total. The summed E-state index contributed by atoms with van der Waals surface area (Å²) in [6, 6.07) is 1.42. The second-order valence-electron chi connectivity index (χ2n) is 3.95. The molecule has 0 fully saturated rings. The standard InChI is InChI=1S/C10H19N3O3S/c1-9(2)16-8-4-3-6-12-17(14,15)10-5-7-11-13-10/h5,7,9,12H,3-4,6,8H2,1-2H3,(H,11,13). The second kappa shape index (κ2) is 6.73. The van der Waals surface area contributed by atoms with Crippen molar-refractivity contribution in [1.82, 2.24) is 14.9 Å². The molecule has 0 atom stereocenters. The number of rotatable bonds is 8. The monoisotopic (exact) mass is 261 g/mol. The van der Waals surface area contributed by atoms with Gasteiger partial charge in [-0.15, -0.1) is 0 Å². The van der Waals surface area contributed by atoms with Gasteiger partial charge in [0.2, 0.25) is 0 Å². The Morgan fingerprint density at radius 3 is 2.82 bits per heavy atom. The predicted molar refractivity (Wildman–Crippen MR) is 64.1 cm³/mol. The number of nitrogens with zero attached hydrogens (tertiary/aromatic N) is 1. The van der Waals surface area contributed by atoms with Crippen LogP contribution in [0.3, 0.4) is 0 Å². The van der Waals surface area contributed by atoms with Gasteiger partial charge in [-0.25, -0.2) is 13.1 Å². The molecular weight excluding hydrogens is 242 g/mol. The SMILES string of the molecule is CC(C)OCCCCNS(=O)(=O)c1ccn[nH]1. The van der Waals surface area contributed by atoms with Crippen LogP contribution in [-0.2, 0) is 14.8 Å². The van der Waals surface area contributed by atoms with E-state index in [0.29, 0.717) is 13.2 Å². The summed E-state index contributed by atoms with van der Waals surface area (Å²) in [6.45, 7) is 5.01. The molecule has 0 radical (unpaired) electrons. The molecule has 0 saturated carbocycles. The topological polar surface area (TPSA) is 84.1 Å². The Morgan fingerprint density at radius 2 is 2.24 bits per heavy atom. The quantitative estimate of drug-likeness (QED) is 0.681. The molecule has 0 aliphatic heterocycles. The third-order valence-electron chi connectivity index (χ3n) is 2.08. The van der Waals surface area contributed by atoms with Crippen molar-refractivity contribution < 1.29 is 13.2 Å². The number of H-pyrrole nitrogens is 1. The van der Waals surface area contributed by atoms with E-state index in [0.717, 1.165) is 12.8 Å².